The lowest BCUT2D eigenvalue weighted by Gasteiger charge is -2.29. The number of nitrogens with zero attached hydrogens (tertiary/aromatic N) is 3. The Kier molecular flexibility index (Phi) is 4.88. The molecule has 23 heavy (non-hydrogen) atoms. The highest BCUT2D eigenvalue weighted by Crippen LogP contribution is 2.27. The van der Waals surface area contributed by atoms with Crippen LogP contribution in [0, 0.1) is 0 Å². The number of hydrogen-bond acceptors (Lipinski definition) is 6. The number of nitrogens with one attached hydrogen (secondary N) is 1. The molecule has 3 rings (SSSR count). The monoisotopic (exact) mass is 334 g/mol. The lowest BCUT2D eigenvalue weighted by molar-refractivity contribution is -0.128. The third-order valence-electron chi connectivity index (χ3n) is 4.53. The number of likely N-dealkylation sites (tertiary alicyclic amines) is 1. The van der Waals surface area contributed by atoms with E-state index in [0.29, 0.717) is 12.6 Å². The van der Waals surface area contributed by atoms with Gasteiger partial charge in [0.1, 0.15) is 6.42 Å². The second kappa shape index (κ2) is 6.74. The van der Waals surface area contributed by atoms with E-state index in [1.54, 1.807) is 0 Å². The molecule has 3 atom stereocenters. The number of alkyl halides is 3. The van der Waals surface area contributed by atoms with Gasteiger partial charge in [0.15, 0.2) is 5.82 Å². The summed E-state index contributed by atoms with van der Waals surface area (Å²) in [6, 6.07) is 0.586. The normalized spacial score (nSPS) is 29.5. The first-order valence-corrected chi connectivity index (χ1v) is 7.94. The highest BCUT2D eigenvalue weighted by molar-refractivity contribution is 4.95. The lowest BCUT2D eigenvalue weighted by atomic mass is 10.1. The molecular weight excluding hydrogens is 313 g/mol. The predicted octanol–water partition coefficient (Wildman–Crippen LogP) is 1.25. The molecule has 2 fully saturated rings. The molecule has 1 aromatic heterocycles. The van der Waals surface area contributed by atoms with Crippen molar-refractivity contribution in [2.75, 3.05) is 13.1 Å². The summed E-state index contributed by atoms with van der Waals surface area (Å²) in [5.74, 6) is -0.156. The van der Waals surface area contributed by atoms with Gasteiger partial charge in [-0.1, -0.05) is 11.6 Å². The largest absolute Gasteiger partial charge is 0.396 e. The molecule has 0 amide bonds. The Hall–Kier alpha value is -1.19. The van der Waals surface area contributed by atoms with Crippen LogP contribution >= 0.6 is 0 Å². The van der Waals surface area contributed by atoms with Crippen LogP contribution in [-0.4, -0.2) is 57.6 Å². The third-order valence-corrected chi connectivity index (χ3v) is 4.53. The van der Waals surface area contributed by atoms with E-state index in [0.717, 1.165) is 32.2 Å². The minimum absolute atomic E-state index is 0.177. The number of aliphatic hydroxyl groups is 1. The summed E-state index contributed by atoms with van der Waals surface area (Å²) in [6.45, 7) is 1.85. The summed E-state index contributed by atoms with van der Waals surface area (Å²) < 4.78 is 41.7. The van der Waals surface area contributed by atoms with Crippen molar-refractivity contribution >= 4 is 0 Å². The van der Waals surface area contributed by atoms with E-state index in [1.165, 1.54) is 0 Å². The molecule has 0 bridgehead atoms. The van der Waals surface area contributed by atoms with Gasteiger partial charge in [-0.25, -0.2) is 0 Å². The number of rotatable bonds is 5. The molecule has 0 spiro atoms. The van der Waals surface area contributed by atoms with Gasteiger partial charge in [0, 0.05) is 25.2 Å². The highest BCUT2D eigenvalue weighted by Gasteiger charge is 2.35. The van der Waals surface area contributed by atoms with Gasteiger partial charge in [-0.05, 0) is 19.3 Å². The van der Waals surface area contributed by atoms with Gasteiger partial charge in [0.25, 0.3) is 0 Å². The van der Waals surface area contributed by atoms with Crippen molar-refractivity contribution in [3.8, 4) is 0 Å². The van der Waals surface area contributed by atoms with Gasteiger partial charge in [-0.2, -0.15) is 18.2 Å². The van der Waals surface area contributed by atoms with Crippen LogP contribution in [0.15, 0.2) is 4.52 Å². The zero-order valence-electron chi connectivity index (χ0n) is 12.7. The van der Waals surface area contributed by atoms with Crippen LogP contribution in [0.25, 0.3) is 0 Å². The van der Waals surface area contributed by atoms with Crippen molar-refractivity contribution in [2.45, 2.75) is 63.0 Å². The molecule has 1 saturated carbocycles. The van der Waals surface area contributed by atoms with E-state index < -0.39 is 12.6 Å². The summed E-state index contributed by atoms with van der Waals surface area (Å²) >= 11 is 0. The fourth-order valence-electron chi connectivity index (χ4n) is 3.52. The lowest BCUT2D eigenvalue weighted by Crippen LogP contribution is -2.46. The van der Waals surface area contributed by atoms with Gasteiger partial charge in [-0.3, -0.25) is 4.90 Å². The maximum Gasteiger partial charge on any atom is 0.396 e. The van der Waals surface area contributed by atoms with Crippen LogP contribution in [0.4, 0.5) is 13.2 Å². The summed E-state index contributed by atoms with van der Waals surface area (Å²) in [5.41, 5.74) is 0. The predicted molar refractivity (Wildman–Crippen MR) is 74.5 cm³/mol. The fraction of sp³-hybridized carbons (Fsp3) is 0.857. The van der Waals surface area contributed by atoms with E-state index in [9.17, 15) is 18.3 Å². The minimum Gasteiger partial charge on any atom is -0.392 e. The van der Waals surface area contributed by atoms with Crippen LogP contribution in [0.2, 0.25) is 0 Å². The van der Waals surface area contributed by atoms with Crippen LogP contribution < -0.4 is 5.32 Å². The summed E-state index contributed by atoms with van der Waals surface area (Å²) in [4.78, 5) is 6.07. The Morgan fingerprint density at radius 2 is 2.13 bits per heavy atom. The fourth-order valence-corrected chi connectivity index (χ4v) is 3.52. The number of halogens is 3. The first kappa shape index (κ1) is 16.7. The Morgan fingerprint density at radius 3 is 2.83 bits per heavy atom. The quantitative estimate of drug-likeness (QED) is 0.844. The van der Waals surface area contributed by atoms with E-state index in [2.05, 4.69) is 20.4 Å². The molecule has 1 unspecified atom stereocenters. The second-order valence-electron chi connectivity index (χ2n) is 6.32. The van der Waals surface area contributed by atoms with Gasteiger partial charge in [0.2, 0.25) is 5.89 Å². The molecule has 2 N–H and O–H groups in total. The Balaban J connectivity index is 1.51. The first-order chi connectivity index (χ1) is 10.9. The van der Waals surface area contributed by atoms with Crippen LogP contribution in [-0.2, 0) is 13.0 Å². The number of aliphatic hydroxyl groups excluding tert-OH is 1. The van der Waals surface area contributed by atoms with Crippen molar-refractivity contribution in [3.63, 3.8) is 0 Å². The van der Waals surface area contributed by atoms with Crippen LogP contribution in [0.3, 0.4) is 0 Å². The first-order valence-electron chi connectivity index (χ1n) is 7.94. The molecule has 9 heteroatoms. The standard InChI is InChI=1S/C14H21F3N4O2/c15-14(16,17)6-12-19-13(23-20-12)7-18-10-2-1-3-11(10)21-5-4-9(22)8-21/h9-11,18,22H,1-8H2/t9?,10-,11+/m1/s1. The Morgan fingerprint density at radius 1 is 1.30 bits per heavy atom. The molecule has 0 aromatic carbocycles. The Labute approximate surface area is 132 Å². The number of β-amino-alcohol motifs (C(OH)–C–C–N with tert-alkyl or cyclic N) is 1. The van der Waals surface area contributed by atoms with Crippen molar-refractivity contribution in [1.82, 2.24) is 20.4 Å². The van der Waals surface area contributed by atoms with Crippen molar-refractivity contribution in [3.05, 3.63) is 11.7 Å². The van der Waals surface area contributed by atoms with E-state index >= 15 is 0 Å². The Bertz CT molecular complexity index is 522. The highest BCUT2D eigenvalue weighted by atomic mass is 19.4. The third kappa shape index (κ3) is 4.42. The topological polar surface area (TPSA) is 74.4 Å². The van der Waals surface area contributed by atoms with Crippen LogP contribution in [0.5, 0.6) is 0 Å². The van der Waals surface area contributed by atoms with E-state index in [1.807, 2.05) is 0 Å². The maximum atomic E-state index is 12.3. The molecule has 1 aliphatic carbocycles. The molecule has 1 saturated heterocycles. The number of hydrogen-bond donors (Lipinski definition) is 2. The zero-order valence-corrected chi connectivity index (χ0v) is 12.7. The van der Waals surface area contributed by atoms with Gasteiger partial charge >= 0.3 is 6.18 Å². The van der Waals surface area contributed by atoms with E-state index in [4.69, 9.17) is 4.52 Å². The summed E-state index contributed by atoms with van der Waals surface area (Å²) in [7, 11) is 0. The summed E-state index contributed by atoms with van der Waals surface area (Å²) in [6.07, 6.45) is -1.80. The van der Waals surface area contributed by atoms with Crippen molar-refractivity contribution in [2.24, 2.45) is 0 Å². The zero-order chi connectivity index (χ0) is 16.4. The summed E-state index contributed by atoms with van der Waals surface area (Å²) in [5, 5.41) is 16.3. The van der Waals surface area contributed by atoms with Crippen LogP contribution in [0.1, 0.15) is 37.4 Å². The van der Waals surface area contributed by atoms with Gasteiger partial charge in [-0.15, -0.1) is 0 Å². The SMILES string of the molecule is OC1CCN([C@H]2CCC[C@H]2NCc2nc(CC(F)(F)F)no2)C1. The molecule has 2 aliphatic rings. The molecule has 2 heterocycles. The van der Waals surface area contributed by atoms with Crippen molar-refractivity contribution < 1.29 is 22.8 Å². The van der Waals surface area contributed by atoms with Gasteiger partial charge in [0.05, 0.1) is 12.6 Å². The molecule has 1 aromatic rings. The maximum absolute atomic E-state index is 12.3. The minimum atomic E-state index is -4.33. The molecule has 6 nitrogen and oxygen atoms in total. The van der Waals surface area contributed by atoms with Gasteiger partial charge < -0.3 is 14.9 Å². The average molecular weight is 334 g/mol. The number of aromatic nitrogens is 2. The second-order valence-corrected chi connectivity index (χ2v) is 6.32. The molecule has 130 valence electrons. The molecule has 0 radical (unpaired) electrons. The average Bonchev–Trinajstić information content (AvgIpc) is 3.15. The van der Waals surface area contributed by atoms with E-state index in [-0.39, 0.29) is 30.4 Å². The smallest absolute Gasteiger partial charge is 0.392 e. The van der Waals surface area contributed by atoms with Crippen molar-refractivity contribution in [1.29, 1.82) is 0 Å². The molecular formula is C14H21F3N4O2. The molecule has 1 aliphatic heterocycles.